The molecule has 1 aliphatic carbocycles. The first-order valence-electron chi connectivity index (χ1n) is 7.79. The molecule has 0 heterocycles. The van der Waals surface area contributed by atoms with Crippen molar-refractivity contribution >= 4 is 5.69 Å². The molecule has 2 rings (SSSR count). The van der Waals surface area contributed by atoms with Crippen LogP contribution in [0.4, 0.5) is 5.69 Å². The van der Waals surface area contributed by atoms with Crippen LogP contribution < -0.4 is 4.90 Å². The second kappa shape index (κ2) is 6.83. The van der Waals surface area contributed by atoms with Crippen LogP contribution in [-0.2, 0) is 0 Å². The van der Waals surface area contributed by atoms with Crippen LogP contribution >= 0.6 is 0 Å². The van der Waals surface area contributed by atoms with Gasteiger partial charge < -0.3 is 10.0 Å². The summed E-state index contributed by atoms with van der Waals surface area (Å²) in [5.41, 5.74) is 2.27. The van der Waals surface area contributed by atoms with Gasteiger partial charge in [-0.3, -0.25) is 0 Å². The molecule has 1 saturated carbocycles. The molecule has 0 amide bonds. The first-order chi connectivity index (χ1) is 9.24. The summed E-state index contributed by atoms with van der Waals surface area (Å²) in [6.45, 7) is 5.41. The number of aromatic hydroxyl groups is 1. The van der Waals surface area contributed by atoms with Crippen molar-refractivity contribution < 1.29 is 5.11 Å². The SMILES string of the molecule is CCCCN(c1c(C)cccc1O)C1CCCCC1. The Balaban J connectivity index is 2.25. The molecular weight excluding hydrogens is 234 g/mol. The molecule has 2 heteroatoms. The van der Waals surface area contributed by atoms with Gasteiger partial charge in [0, 0.05) is 12.6 Å². The van der Waals surface area contributed by atoms with E-state index in [1.165, 1.54) is 50.5 Å². The Morgan fingerprint density at radius 3 is 2.58 bits per heavy atom. The van der Waals surface area contributed by atoms with E-state index >= 15 is 0 Å². The zero-order chi connectivity index (χ0) is 13.7. The molecule has 1 aromatic carbocycles. The highest BCUT2D eigenvalue weighted by atomic mass is 16.3. The molecule has 0 atom stereocenters. The molecule has 0 bridgehead atoms. The van der Waals surface area contributed by atoms with Crippen LogP contribution in [0.3, 0.4) is 0 Å². The van der Waals surface area contributed by atoms with Crippen molar-refractivity contribution in [3.8, 4) is 5.75 Å². The van der Waals surface area contributed by atoms with Crippen LogP contribution in [0.5, 0.6) is 5.75 Å². The van der Waals surface area contributed by atoms with E-state index < -0.39 is 0 Å². The van der Waals surface area contributed by atoms with Gasteiger partial charge in [-0.25, -0.2) is 0 Å². The molecule has 1 N–H and O–H groups in total. The number of phenols is 1. The van der Waals surface area contributed by atoms with Crippen molar-refractivity contribution in [1.29, 1.82) is 0 Å². The number of rotatable bonds is 5. The molecule has 1 aromatic rings. The average molecular weight is 261 g/mol. The van der Waals surface area contributed by atoms with Gasteiger partial charge in [0.05, 0.1) is 5.69 Å². The molecule has 0 aliphatic heterocycles. The van der Waals surface area contributed by atoms with Crippen LogP contribution in [0, 0.1) is 6.92 Å². The third-order valence-electron chi connectivity index (χ3n) is 4.27. The summed E-state index contributed by atoms with van der Waals surface area (Å²) < 4.78 is 0. The molecule has 19 heavy (non-hydrogen) atoms. The maximum atomic E-state index is 10.3. The fourth-order valence-corrected chi connectivity index (χ4v) is 3.22. The van der Waals surface area contributed by atoms with Crippen LogP contribution in [-0.4, -0.2) is 17.7 Å². The van der Waals surface area contributed by atoms with Crippen LogP contribution in [0.1, 0.15) is 57.4 Å². The Morgan fingerprint density at radius 2 is 1.95 bits per heavy atom. The maximum Gasteiger partial charge on any atom is 0.139 e. The zero-order valence-corrected chi connectivity index (χ0v) is 12.4. The minimum absolute atomic E-state index is 0.446. The van der Waals surface area contributed by atoms with Crippen LogP contribution in [0.2, 0.25) is 0 Å². The lowest BCUT2D eigenvalue weighted by molar-refractivity contribution is 0.404. The maximum absolute atomic E-state index is 10.3. The van der Waals surface area contributed by atoms with E-state index in [1.54, 1.807) is 0 Å². The summed E-state index contributed by atoms with van der Waals surface area (Å²) in [4.78, 5) is 2.48. The largest absolute Gasteiger partial charge is 0.506 e. The summed E-state index contributed by atoms with van der Waals surface area (Å²) >= 11 is 0. The summed E-state index contributed by atoms with van der Waals surface area (Å²) in [6.07, 6.45) is 8.99. The van der Waals surface area contributed by atoms with E-state index in [4.69, 9.17) is 0 Å². The van der Waals surface area contributed by atoms with E-state index in [0.29, 0.717) is 11.8 Å². The Morgan fingerprint density at radius 1 is 1.21 bits per heavy atom. The molecule has 106 valence electrons. The van der Waals surface area contributed by atoms with Crippen molar-refractivity contribution in [3.63, 3.8) is 0 Å². The van der Waals surface area contributed by atoms with Gasteiger partial charge in [-0.2, -0.15) is 0 Å². The second-order valence-electron chi connectivity index (χ2n) is 5.78. The number of para-hydroxylation sites is 1. The predicted octanol–water partition coefficient (Wildman–Crippen LogP) is 4.64. The number of unbranched alkanes of at least 4 members (excludes halogenated alkanes) is 1. The van der Waals surface area contributed by atoms with Gasteiger partial charge >= 0.3 is 0 Å². The monoisotopic (exact) mass is 261 g/mol. The minimum atomic E-state index is 0.446. The zero-order valence-electron chi connectivity index (χ0n) is 12.4. The Hall–Kier alpha value is -1.18. The number of anilines is 1. The Kier molecular flexibility index (Phi) is 5.12. The van der Waals surface area contributed by atoms with E-state index in [1.807, 2.05) is 12.1 Å². The molecular formula is C17H27NO. The highest BCUT2D eigenvalue weighted by Crippen LogP contribution is 2.35. The number of hydrogen-bond donors (Lipinski definition) is 1. The van der Waals surface area contributed by atoms with Crippen LogP contribution in [0.25, 0.3) is 0 Å². The van der Waals surface area contributed by atoms with Gasteiger partial charge in [0.15, 0.2) is 0 Å². The molecule has 0 saturated heterocycles. The third kappa shape index (κ3) is 3.43. The van der Waals surface area contributed by atoms with E-state index in [9.17, 15) is 5.11 Å². The molecule has 1 aliphatic rings. The number of nitrogens with zero attached hydrogens (tertiary/aromatic N) is 1. The summed E-state index contributed by atoms with van der Waals surface area (Å²) in [7, 11) is 0. The lowest BCUT2D eigenvalue weighted by Gasteiger charge is -2.37. The Labute approximate surface area is 117 Å². The van der Waals surface area contributed by atoms with Crippen molar-refractivity contribution in [2.45, 2.75) is 64.8 Å². The second-order valence-corrected chi connectivity index (χ2v) is 5.78. The van der Waals surface area contributed by atoms with E-state index in [2.05, 4.69) is 24.8 Å². The highest BCUT2D eigenvalue weighted by Gasteiger charge is 2.24. The molecule has 2 nitrogen and oxygen atoms in total. The molecule has 0 spiro atoms. The Bertz CT molecular complexity index is 376. The van der Waals surface area contributed by atoms with Crippen LogP contribution in [0.15, 0.2) is 18.2 Å². The predicted molar refractivity (Wildman–Crippen MR) is 82.0 cm³/mol. The van der Waals surface area contributed by atoms with Gasteiger partial charge in [-0.1, -0.05) is 44.7 Å². The van der Waals surface area contributed by atoms with Gasteiger partial charge in [0.2, 0.25) is 0 Å². The van der Waals surface area contributed by atoms with Gasteiger partial charge in [-0.05, 0) is 37.8 Å². The molecule has 0 unspecified atom stereocenters. The van der Waals surface area contributed by atoms with Gasteiger partial charge in [-0.15, -0.1) is 0 Å². The number of aryl methyl sites for hydroxylation is 1. The van der Waals surface area contributed by atoms with Crippen molar-refractivity contribution in [2.24, 2.45) is 0 Å². The van der Waals surface area contributed by atoms with E-state index in [0.717, 1.165) is 12.2 Å². The minimum Gasteiger partial charge on any atom is -0.506 e. The third-order valence-corrected chi connectivity index (χ3v) is 4.27. The number of benzene rings is 1. The first kappa shape index (κ1) is 14.2. The molecule has 0 aromatic heterocycles. The smallest absolute Gasteiger partial charge is 0.139 e. The number of phenolic OH excluding ortho intramolecular Hbond substituents is 1. The molecule has 1 fully saturated rings. The van der Waals surface area contributed by atoms with Crippen molar-refractivity contribution in [3.05, 3.63) is 23.8 Å². The fourth-order valence-electron chi connectivity index (χ4n) is 3.22. The first-order valence-corrected chi connectivity index (χ1v) is 7.79. The lowest BCUT2D eigenvalue weighted by atomic mass is 9.93. The van der Waals surface area contributed by atoms with Crippen molar-refractivity contribution in [1.82, 2.24) is 0 Å². The lowest BCUT2D eigenvalue weighted by Crippen LogP contribution is -2.38. The summed E-state index contributed by atoms with van der Waals surface area (Å²) in [6, 6.07) is 6.49. The van der Waals surface area contributed by atoms with Gasteiger partial charge in [0.1, 0.15) is 5.75 Å². The van der Waals surface area contributed by atoms with E-state index in [-0.39, 0.29) is 0 Å². The summed E-state index contributed by atoms with van der Waals surface area (Å²) in [5.74, 6) is 0.446. The van der Waals surface area contributed by atoms with Crippen molar-refractivity contribution in [2.75, 3.05) is 11.4 Å². The number of hydrogen-bond acceptors (Lipinski definition) is 2. The average Bonchev–Trinajstić information content (AvgIpc) is 2.43. The topological polar surface area (TPSA) is 23.5 Å². The standard InChI is InChI=1S/C17H27NO/c1-3-4-13-18(15-10-6-5-7-11-15)17-14(2)9-8-12-16(17)19/h8-9,12,15,19H,3-7,10-11,13H2,1-2H3. The molecule has 0 radical (unpaired) electrons. The summed E-state index contributed by atoms with van der Waals surface area (Å²) in [5, 5.41) is 10.3. The quantitative estimate of drug-likeness (QED) is 0.834. The van der Waals surface area contributed by atoms with Gasteiger partial charge in [0.25, 0.3) is 0 Å². The fraction of sp³-hybridized carbons (Fsp3) is 0.647. The normalized spacial score (nSPS) is 16.5. The highest BCUT2D eigenvalue weighted by molar-refractivity contribution is 5.63.